The van der Waals surface area contributed by atoms with Gasteiger partial charge in [0.15, 0.2) is 5.82 Å². The molecule has 7 heteroatoms. The van der Waals surface area contributed by atoms with E-state index in [2.05, 4.69) is 39.2 Å². The number of nitrogen functional groups attached to an aromatic ring is 1. The number of hydrogen-bond acceptors (Lipinski definition) is 7. The maximum absolute atomic E-state index is 10.4. The highest BCUT2D eigenvalue weighted by molar-refractivity contribution is 5.91. The fourth-order valence-corrected chi connectivity index (χ4v) is 4.42. The molecule has 2 aromatic carbocycles. The Balaban J connectivity index is 1.49. The molecule has 2 aliphatic rings. The molecule has 7 nitrogen and oxygen atoms in total. The van der Waals surface area contributed by atoms with Crippen molar-refractivity contribution in [1.82, 2.24) is 15.3 Å². The third kappa shape index (κ3) is 3.35. The summed E-state index contributed by atoms with van der Waals surface area (Å²) >= 11 is 0. The Hall–Kier alpha value is -3.19. The van der Waals surface area contributed by atoms with E-state index in [0.29, 0.717) is 28.7 Å². The average Bonchev–Trinajstić information content (AvgIpc) is 3.46. The van der Waals surface area contributed by atoms with Crippen LogP contribution in [-0.2, 0) is 0 Å². The van der Waals surface area contributed by atoms with Gasteiger partial charge in [-0.15, -0.1) is 0 Å². The molecule has 2 heterocycles. The summed E-state index contributed by atoms with van der Waals surface area (Å²) in [6.45, 7) is 4.29. The third-order valence-corrected chi connectivity index (χ3v) is 6.03. The lowest BCUT2D eigenvalue weighted by Gasteiger charge is -2.39. The van der Waals surface area contributed by atoms with E-state index >= 15 is 0 Å². The topological polar surface area (TPSA) is 99.7 Å². The van der Waals surface area contributed by atoms with Crippen molar-refractivity contribution < 1.29 is 5.11 Å². The summed E-state index contributed by atoms with van der Waals surface area (Å²) in [4.78, 5) is 15.7. The van der Waals surface area contributed by atoms with Gasteiger partial charge < -0.3 is 21.1 Å². The monoisotopic (exact) mass is 402 g/mol. The smallest absolute Gasteiger partial charge is 0.163 e. The third-order valence-electron chi connectivity index (χ3n) is 6.03. The molecule has 1 aliphatic heterocycles. The van der Waals surface area contributed by atoms with Crippen molar-refractivity contribution in [3.63, 3.8) is 0 Å². The first-order chi connectivity index (χ1) is 14.5. The van der Waals surface area contributed by atoms with Gasteiger partial charge in [-0.3, -0.25) is 4.99 Å². The molecule has 4 N–H and O–H groups in total. The first kappa shape index (κ1) is 18.8. The van der Waals surface area contributed by atoms with Crippen LogP contribution in [0.2, 0.25) is 0 Å². The molecular weight excluding hydrogens is 376 g/mol. The Bertz CT molecular complexity index is 1150. The van der Waals surface area contributed by atoms with E-state index in [1.165, 1.54) is 24.6 Å². The Labute approximate surface area is 175 Å². The molecule has 2 fully saturated rings. The Kier molecular flexibility index (Phi) is 4.36. The number of nitrogens with two attached hydrogens (primary N) is 1. The lowest BCUT2D eigenvalue weighted by molar-refractivity contribution is 0.372. The second-order valence-corrected chi connectivity index (χ2v) is 8.53. The number of aliphatic imine (C=N–C) groups is 1. The van der Waals surface area contributed by atoms with Gasteiger partial charge in [0.25, 0.3) is 0 Å². The van der Waals surface area contributed by atoms with E-state index in [-0.39, 0.29) is 5.75 Å². The summed E-state index contributed by atoms with van der Waals surface area (Å²) in [5.41, 5.74) is 10.0. The number of benzene rings is 2. The van der Waals surface area contributed by atoms with Crippen molar-refractivity contribution in [2.75, 3.05) is 30.8 Å². The molecule has 1 unspecified atom stereocenters. The van der Waals surface area contributed by atoms with Crippen LogP contribution in [0.1, 0.15) is 25.3 Å². The lowest BCUT2D eigenvalue weighted by Crippen LogP contribution is -2.57. The SMILES string of the molecule is CN=Cc1cc(-c2ncc3cc(N4CC(C)NC5(CC5)C4)ccc3n2)c(O)cc1N. The predicted octanol–water partition coefficient (Wildman–Crippen LogP) is 2.96. The highest BCUT2D eigenvalue weighted by atomic mass is 16.3. The maximum Gasteiger partial charge on any atom is 0.163 e. The summed E-state index contributed by atoms with van der Waals surface area (Å²) < 4.78 is 0. The van der Waals surface area contributed by atoms with E-state index in [9.17, 15) is 5.11 Å². The largest absolute Gasteiger partial charge is 0.507 e. The molecule has 1 saturated heterocycles. The predicted molar refractivity (Wildman–Crippen MR) is 121 cm³/mol. The molecule has 0 radical (unpaired) electrons. The number of nitrogens with one attached hydrogen (secondary N) is 1. The Morgan fingerprint density at radius 3 is 2.90 bits per heavy atom. The number of hydrogen-bond donors (Lipinski definition) is 3. The first-order valence-corrected chi connectivity index (χ1v) is 10.3. The van der Waals surface area contributed by atoms with Crippen molar-refractivity contribution in [2.24, 2.45) is 4.99 Å². The second kappa shape index (κ2) is 6.95. The zero-order chi connectivity index (χ0) is 20.9. The fraction of sp³-hybridized carbons (Fsp3) is 0.348. The number of piperazine rings is 1. The molecule has 3 aromatic rings. The molecule has 0 bridgehead atoms. The molecule has 30 heavy (non-hydrogen) atoms. The summed E-state index contributed by atoms with van der Waals surface area (Å²) in [6, 6.07) is 10.1. The van der Waals surface area contributed by atoms with Crippen molar-refractivity contribution in [3.8, 4) is 17.1 Å². The van der Waals surface area contributed by atoms with Crippen LogP contribution in [0.5, 0.6) is 5.75 Å². The van der Waals surface area contributed by atoms with Gasteiger partial charge in [-0.25, -0.2) is 9.97 Å². The van der Waals surface area contributed by atoms with Crippen molar-refractivity contribution in [1.29, 1.82) is 0 Å². The number of phenols is 1. The standard InChI is InChI=1S/C23H26N6O/c1-14-12-29(13-23(28-14)5-6-23)17-3-4-20-16(7-17)11-26-22(27-20)18-8-15(10-25-2)19(24)9-21(18)30/h3-4,7-11,14,28,30H,5-6,12-13,24H2,1-2H3. The minimum atomic E-state index is 0.0567. The first-order valence-electron chi connectivity index (χ1n) is 10.3. The van der Waals surface area contributed by atoms with E-state index in [1.54, 1.807) is 19.3 Å². The van der Waals surface area contributed by atoms with E-state index < -0.39 is 0 Å². The van der Waals surface area contributed by atoms with Crippen LogP contribution in [0.4, 0.5) is 11.4 Å². The molecule has 0 amide bonds. The van der Waals surface area contributed by atoms with Crippen LogP contribution < -0.4 is 16.0 Å². The number of nitrogens with zero attached hydrogens (tertiary/aromatic N) is 4. The van der Waals surface area contributed by atoms with E-state index in [0.717, 1.165) is 29.6 Å². The van der Waals surface area contributed by atoms with Gasteiger partial charge in [0, 0.05) is 72.5 Å². The molecule has 1 atom stereocenters. The number of aromatic hydroxyl groups is 1. The van der Waals surface area contributed by atoms with Crippen molar-refractivity contribution >= 4 is 28.5 Å². The van der Waals surface area contributed by atoms with Crippen LogP contribution in [0.25, 0.3) is 22.3 Å². The molecule has 1 aromatic heterocycles. The van der Waals surface area contributed by atoms with Gasteiger partial charge in [0.05, 0.1) is 11.1 Å². The van der Waals surface area contributed by atoms with Gasteiger partial charge in [-0.1, -0.05) is 0 Å². The normalized spacial score (nSPS) is 20.3. The van der Waals surface area contributed by atoms with E-state index in [1.807, 2.05) is 12.3 Å². The Morgan fingerprint density at radius 2 is 2.13 bits per heavy atom. The van der Waals surface area contributed by atoms with Gasteiger partial charge in [0.1, 0.15) is 5.75 Å². The minimum absolute atomic E-state index is 0.0567. The number of phenolic OH excluding ortho intramolecular Hbond substituents is 1. The van der Waals surface area contributed by atoms with E-state index in [4.69, 9.17) is 10.7 Å². The zero-order valence-corrected chi connectivity index (χ0v) is 17.3. The van der Waals surface area contributed by atoms with Crippen LogP contribution in [0.3, 0.4) is 0 Å². The highest BCUT2D eigenvalue weighted by Crippen LogP contribution is 2.40. The molecular formula is C23H26N6O. The lowest BCUT2D eigenvalue weighted by atomic mass is 10.1. The quantitative estimate of drug-likeness (QED) is 0.460. The summed E-state index contributed by atoms with van der Waals surface area (Å²) in [5, 5.41) is 15.1. The summed E-state index contributed by atoms with van der Waals surface area (Å²) in [5.74, 6) is 0.521. The van der Waals surface area contributed by atoms with Gasteiger partial charge in [0.2, 0.25) is 0 Å². The molecule has 154 valence electrons. The maximum atomic E-state index is 10.4. The second-order valence-electron chi connectivity index (χ2n) is 8.53. The number of rotatable bonds is 3. The van der Waals surface area contributed by atoms with Crippen LogP contribution in [0.15, 0.2) is 41.5 Å². The molecule has 5 rings (SSSR count). The number of anilines is 2. The molecule has 1 spiro atoms. The van der Waals surface area contributed by atoms with Gasteiger partial charge in [-0.05, 0) is 44.0 Å². The van der Waals surface area contributed by atoms with Crippen LogP contribution in [0, 0.1) is 0 Å². The highest BCUT2D eigenvalue weighted by Gasteiger charge is 2.47. The van der Waals surface area contributed by atoms with Crippen LogP contribution >= 0.6 is 0 Å². The van der Waals surface area contributed by atoms with Gasteiger partial charge >= 0.3 is 0 Å². The minimum Gasteiger partial charge on any atom is -0.507 e. The molecule has 1 aliphatic carbocycles. The Morgan fingerprint density at radius 1 is 1.30 bits per heavy atom. The molecule has 1 saturated carbocycles. The zero-order valence-electron chi connectivity index (χ0n) is 17.3. The van der Waals surface area contributed by atoms with Crippen molar-refractivity contribution in [3.05, 3.63) is 42.1 Å². The summed E-state index contributed by atoms with van der Waals surface area (Å²) in [7, 11) is 1.68. The van der Waals surface area contributed by atoms with Gasteiger partial charge in [-0.2, -0.15) is 0 Å². The average molecular weight is 403 g/mol. The number of fused-ring (bicyclic) bond motifs is 1. The summed E-state index contributed by atoms with van der Waals surface area (Å²) in [6.07, 6.45) is 5.99. The number of aromatic nitrogens is 2. The van der Waals surface area contributed by atoms with Crippen LogP contribution in [-0.4, -0.2) is 53.0 Å². The fourth-order valence-electron chi connectivity index (χ4n) is 4.42. The van der Waals surface area contributed by atoms with Crippen molar-refractivity contribution in [2.45, 2.75) is 31.3 Å².